The molecule has 0 saturated carbocycles. The molecule has 0 bridgehead atoms. The molecule has 1 fully saturated rings. The van der Waals surface area contributed by atoms with Crippen molar-refractivity contribution in [3.63, 3.8) is 0 Å². The van der Waals surface area contributed by atoms with Crippen LogP contribution in [-0.2, 0) is 4.74 Å². The van der Waals surface area contributed by atoms with Crippen molar-refractivity contribution in [2.45, 2.75) is 43.8 Å². The summed E-state index contributed by atoms with van der Waals surface area (Å²) in [6.07, 6.45) is 2.42. The van der Waals surface area contributed by atoms with Crippen molar-refractivity contribution < 1.29 is 13.9 Å². The number of hydrogen-bond donors (Lipinski definition) is 1. The van der Waals surface area contributed by atoms with Crippen LogP contribution in [0, 0.1) is 5.82 Å². The van der Waals surface area contributed by atoms with Gasteiger partial charge in [-0.3, -0.25) is 0 Å². The molecule has 1 heterocycles. The number of benzene rings is 1. The van der Waals surface area contributed by atoms with E-state index in [1.165, 1.54) is 6.07 Å². The lowest BCUT2D eigenvalue weighted by Crippen LogP contribution is -2.09. The molecule has 1 atom stereocenters. The van der Waals surface area contributed by atoms with Crippen molar-refractivity contribution in [3.05, 3.63) is 17.9 Å². The summed E-state index contributed by atoms with van der Waals surface area (Å²) in [6, 6.07) is 3.01. The van der Waals surface area contributed by atoms with Gasteiger partial charge in [0.1, 0.15) is 0 Å². The van der Waals surface area contributed by atoms with Gasteiger partial charge in [0.15, 0.2) is 11.6 Å². The molecule has 2 N–H and O–H groups in total. The van der Waals surface area contributed by atoms with Gasteiger partial charge in [-0.1, -0.05) is 0 Å². The largest absolute Gasteiger partial charge is 0.488 e. The normalized spacial score (nSPS) is 19.1. The molecule has 0 amide bonds. The van der Waals surface area contributed by atoms with Gasteiger partial charge < -0.3 is 15.2 Å². The molecule has 5 heteroatoms. The minimum absolute atomic E-state index is 0.0610. The van der Waals surface area contributed by atoms with Gasteiger partial charge in [0.05, 0.1) is 12.2 Å². The number of nitrogens with two attached hydrogens (primary N) is 1. The lowest BCUT2D eigenvalue weighted by atomic mass is 10.3. The second-order valence-corrected chi connectivity index (χ2v) is 5.99. The molecule has 19 heavy (non-hydrogen) atoms. The van der Waals surface area contributed by atoms with Gasteiger partial charge in [-0.15, -0.1) is 11.8 Å². The summed E-state index contributed by atoms with van der Waals surface area (Å²) < 4.78 is 24.7. The van der Waals surface area contributed by atoms with E-state index < -0.39 is 5.82 Å². The molecular weight excluding hydrogens is 265 g/mol. The first kappa shape index (κ1) is 14.5. The number of halogens is 1. The van der Waals surface area contributed by atoms with E-state index in [2.05, 4.69) is 0 Å². The molecule has 0 radical (unpaired) electrons. The second-order valence-electron chi connectivity index (χ2n) is 4.93. The highest BCUT2D eigenvalue weighted by Gasteiger charge is 2.17. The maximum absolute atomic E-state index is 13.7. The van der Waals surface area contributed by atoms with Crippen molar-refractivity contribution in [2.24, 2.45) is 0 Å². The summed E-state index contributed by atoms with van der Waals surface area (Å²) in [7, 11) is 0. The Balaban J connectivity index is 2.05. The summed E-state index contributed by atoms with van der Waals surface area (Å²) in [5.41, 5.74) is 6.30. The molecule has 0 aliphatic carbocycles. The highest BCUT2D eigenvalue weighted by atomic mass is 32.2. The number of nitrogen functional groups attached to an aromatic ring is 1. The number of hydrogen-bond acceptors (Lipinski definition) is 4. The first-order valence-electron chi connectivity index (χ1n) is 6.56. The monoisotopic (exact) mass is 285 g/mol. The third-order valence-electron chi connectivity index (χ3n) is 2.88. The van der Waals surface area contributed by atoms with Gasteiger partial charge in [-0.05, 0) is 32.8 Å². The Morgan fingerprint density at radius 2 is 2.32 bits per heavy atom. The molecule has 3 nitrogen and oxygen atoms in total. The Morgan fingerprint density at radius 3 is 2.95 bits per heavy atom. The SMILES string of the molecule is CC(C)Oc1cc(SCC2CCCO2)c(N)cc1F. The summed E-state index contributed by atoms with van der Waals surface area (Å²) in [4.78, 5) is 0.854. The predicted molar refractivity (Wildman–Crippen MR) is 76.3 cm³/mol. The molecule has 1 saturated heterocycles. The van der Waals surface area contributed by atoms with Crippen LogP contribution in [0.5, 0.6) is 5.75 Å². The first-order valence-corrected chi connectivity index (χ1v) is 7.55. The quantitative estimate of drug-likeness (QED) is 0.664. The molecule has 1 unspecified atom stereocenters. The van der Waals surface area contributed by atoms with E-state index in [9.17, 15) is 4.39 Å². The highest BCUT2D eigenvalue weighted by Crippen LogP contribution is 2.33. The topological polar surface area (TPSA) is 44.5 Å². The fraction of sp³-hybridized carbons (Fsp3) is 0.571. The van der Waals surface area contributed by atoms with E-state index in [1.807, 2.05) is 13.8 Å². The Hall–Kier alpha value is -0.940. The molecule has 2 rings (SSSR count). The first-order chi connectivity index (χ1) is 9.06. The molecule has 1 aromatic rings. The predicted octanol–water partition coefficient (Wildman–Crippen LogP) is 3.47. The maximum atomic E-state index is 13.7. The van der Waals surface area contributed by atoms with Crippen LogP contribution >= 0.6 is 11.8 Å². The average Bonchev–Trinajstić information content (AvgIpc) is 2.83. The Kier molecular flexibility index (Phi) is 4.93. The summed E-state index contributed by atoms with van der Waals surface area (Å²) in [5.74, 6) is 0.698. The van der Waals surface area contributed by atoms with E-state index in [0.29, 0.717) is 5.69 Å². The van der Waals surface area contributed by atoms with Gasteiger partial charge >= 0.3 is 0 Å². The lowest BCUT2D eigenvalue weighted by molar-refractivity contribution is 0.129. The fourth-order valence-corrected chi connectivity index (χ4v) is 3.02. The Bertz CT molecular complexity index is 434. The fourth-order valence-electron chi connectivity index (χ4n) is 1.98. The minimum Gasteiger partial charge on any atom is -0.488 e. The van der Waals surface area contributed by atoms with Crippen LogP contribution in [0.3, 0.4) is 0 Å². The maximum Gasteiger partial charge on any atom is 0.167 e. The van der Waals surface area contributed by atoms with E-state index >= 15 is 0 Å². The van der Waals surface area contributed by atoms with E-state index in [0.717, 1.165) is 30.1 Å². The Morgan fingerprint density at radius 1 is 1.53 bits per heavy atom. The summed E-state index contributed by atoms with van der Waals surface area (Å²) in [6.45, 7) is 4.58. The molecular formula is C14H20FNO2S. The molecule has 1 aliphatic rings. The molecule has 1 aromatic carbocycles. The van der Waals surface area contributed by atoms with Crippen molar-refractivity contribution in [1.29, 1.82) is 0 Å². The van der Waals surface area contributed by atoms with Gasteiger partial charge in [0.2, 0.25) is 0 Å². The highest BCUT2D eigenvalue weighted by molar-refractivity contribution is 7.99. The zero-order valence-electron chi connectivity index (χ0n) is 11.3. The second kappa shape index (κ2) is 6.48. The molecule has 106 valence electrons. The summed E-state index contributed by atoms with van der Waals surface area (Å²) >= 11 is 1.60. The number of thioether (sulfide) groups is 1. The zero-order chi connectivity index (χ0) is 13.8. The van der Waals surface area contributed by atoms with Crippen molar-refractivity contribution in [2.75, 3.05) is 18.1 Å². The number of anilines is 1. The lowest BCUT2D eigenvalue weighted by Gasteiger charge is -2.14. The van der Waals surface area contributed by atoms with E-state index in [4.69, 9.17) is 15.2 Å². The third kappa shape index (κ3) is 4.01. The van der Waals surface area contributed by atoms with Crippen molar-refractivity contribution in [3.8, 4) is 5.75 Å². The number of rotatable bonds is 5. The van der Waals surface area contributed by atoms with Crippen LogP contribution in [0.25, 0.3) is 0 Å². The average molecular weight is 285 g/mol. The van der Waals surface area contributed by atoms with Crippen LogP contribution < -0.4 is 10.5 Å². The van der Waals surface area contributed by atoms with Gasteiger partial charge in [-0.25, -0.2) is 4.39 Å². The summed E-state index contributed by atoms with van der Waals surface area (Å²) in [5, 5.41) is 0. The van der Waals surface area contributed by atoms with Crippen LogP contribution in [-0.4, -0.2) is 24.6 Å². The molecule has 1 aliphatic heterocycles. The van der Waals surface area contributed by atoms with Crippen LogP contribution in [0.2, 0.25) is 0 Å². The number of ether oxygens (including phenoxy) is 2. The van der Waals surface area contributed by atoms with E-state index in [1.54, 1.807) is 17.8 Å². The smallest absolute Gasteiger partial charge is 0.167 e. The van der Waals surface area contributed by atoms with Gasteiger partial charge in [-0.2, -0.15) is 0 Å². The van der Waals surface area contributed by atoms with Crippen LogP contribution in [0.1, 0.15) is 26.7 Å². The van der Waals surface area contributed by atoms with Gasteiger partial charge in [0.25, 0.3) is 0 Å². The van der Waals surface area contributed by atoms with Gasteiger partial charge in [0, 0.05) is 29.0 Å². The Labute approximate surface area is 117 Å². The zero-order valence-corrected chi connectivity index (χ0v) is 12.1. The van der Waals surface area contributed by atoms with E-state index in [-0.39, 0.29) is 18.0 Å². The molecule has 0 spiro atoms. The van der Waals surface area contributed by atoms with Crippen LogP contribution in [0.4, 0.5) is 10.1 Å². The minimum atomic E-state index is -0.410. The van der Waals surface area contributed by atoms with Crippen molar-refractivity contribution >= 4 is 17.4 Å². The third-order valence-corrected chi connectivity index (χ3v) is 4.08. The standard InChI is InChI=1S/C14H20FNO2S/c1-9(2)18-13-7-14(12(16)6-11(13)15)19-8-10-4-3-5-17-10/h6-7,9-10H,3-5,8,16H2,1-2H3. The molecule has 0 aromatic heterocycles. The van der Waals surface area contributed by atoms with Crippen LogP contribution in [0.15, 0.2) is 17.0 Å². The van der Waals surface area contributed by atoms with Crippen molar-refractivity contribution in [1.82, 2.24) is 0 Å².